The topological polar surface area (TPSA) is 66.4 Å². The van der Waals surface area contributed by atoms with Crippen LogP contribution in [0, 0.1) is 0 Å². The SMILES string of the molecule is O=C(Nc1sc(N/N=C\c2ccccc2Cl)nc1-c1ccccc1)c1ccc(Cl)cc1. The third-order valence-electron chi connectivity index (χ3n) is 4.28. The first-order chi connectivity index (χ1) is 15.1. The minimum absolute atomic E-state index is 0.247. The van der Waals surface area contributed by atoms with Crippen LogP contribution in [0.2, 0.25) is 10.0 Å². The van der Waals surface area contributed by atoms with Crippen LogP contribution in [-0.4, -0.2) is 17.1 Å². The molecular formula is C23H16Cl2N4OS. The molecule has 0 fully saturated rings. The van der Waals surface area contributed by atoms with Gasteiger partial charge in [0.1, 0.15) is 10.7 Å². The van der Waals surface area contributed by atoms with E-state index in [-0.39, 0.29) is 5.91 Å². The van der Waals surface area contributed by atoms with E-state index in [1.165, 1.54) is 11.3 Å². The summed E-state index contributed by atoms with van der Waals surface area (Å²) in [6.45, 7) is 0. The zero-order valence-corrected chi connectivity index (χ0v) is 18.4. The van der Waals surface area contributed by atoms with Crippen molar-refractivity contribution in [3.8, 4) is 11.3 Å². The van der Waals surface area contributed by atoms with Gasteiger partial charge in [-0.15, -0.1) is 0 Å². The lowest BCUT2D eigenvalue weighted by Crippen LogP contribution is -2.11. The summed E-state index contributed by atoms with van der Waals surface area (Å²) in [5, 5.41) is 9.50. The van der Waals surface area contributed by atoms with Crippen molar-refractivity contribution < 1.29 is 4.79 Å². The maximum atomic E-state index is 12.7. The lowest BCUT2D eigenvalue weighted by molar-refractivity contribution is 0.102. The standard InChI is InChI=1S/C23H16Cl2N4OS/c24-18-12-10-16(11-13-18)21(30)28-22-20(15-6-2-1-3-7-15)27-23(31-22)29-26-14-17-8-4-5-9-19(17)25/h1-14H,(H,27,29)(H,28,30)/b26-14-. The van der Waals surface area contributed by atoms with E-state index in [0.717, 1.165) is 11.1 Å². The molecule has 2 N–H and O–H groups in total. The number of thiazole rings is 1. The maximum Gasteiger partial charge on any atom is 0.256 e. The quantitative estimate of drug-likeness (QED) is 0.242. The molecule has 4 rings (SSSR count). The summed E-state index contributed by atoms with van der Waals surface area (Å²) < 4.78 is 0. The predicted molar refractivity (Wildman–Crippen MR) is 130 cm³/mol. The molecule has 4 aromatic rings. The number of aromatic nitrogens is 1. The number of nitrogens with one attached hydrogen (secondary N) is 2. The zero-order valence-electron chi connectivity index (χ0n) is 16.0. The second-order valence-electron chi connectivity index (χ2n) is 6.42. The molecule has 0 aliphatic heterocycles. The van der Waals surface area contributed by atoms with E-state index in [4.69, 9.17) is 23.2 Å². The van der Waals surface area contributed by atoms with Crippen LogP contribution in [0.4, 0.5) is 10.1 Å². The van der Waals surface area contributed by atoms with E-state index < -0.39 is 0 Å². The maximum absolute atomic E-state index is 12.7. The Kier molecular flexibility index (Phi) is 6.62. The number of benzene rings is 3. The number of nitrogens with zero attached hydrogens (tertiary/aromatic N) is 2. The van der Waals surface area contributed by atoms with Crippen LogP contribution >= 0.6 is 34.5 Å². The molecule has 0 radical (unpaired) electrons. The number of halogens is 2. The predicted octanol–water partition coefficient (Wildman–Crippen LogP) is 6.82. The summed E-state index contributed by atoms with van der Waals surface area (Å²) in [5.41, 5.74) is 5.75. The lowest BCUT2D eigenvalue weighted by Gasteiger charge is -2.05. The number of amides is 1. The number of hydrogen-bond donors (Lipinski definition) is 2. The third kappa shape index (κ3) is 5.30. The highest BCUT2D eigenvalue weighted by Gasteiger charge is 2.16. The van der Waals surface area contributed by atoms with Crippen LogP contribution in [0.1, 0.15) is 15.9 Å². The zero-order chi connectivity index (χ0) is 21.6. The molecule has 8 heteroatoms. The fourth-order valence-electron chi connectivity index (χ4n) is 2.76. The van der Waals surface area contributed by atoms with Crippen LogP contribution < -0.4 is 10.7 Å². The van der Waals surface area contributed by atoms with Gasteiger partial charge in [0.15, 0.2) is 0 Å². The fourth-order valence-corrected chi connectivity index (χ4v) is 3.90. The Labute approximate surface area is 193 Å². The van der Waals surface area contributed by atoms with E-state index in [1.807, 2.05) is 48.5 Å². The number of carbonyl (C=O) groups excluding carboxylic acids is 1. The Morgan fingerprint density at radius 1 is 0.935 bits per heavy atom. The van der Waals surface area contributed by atoms with Gasteiger partial charge in [0.25, 0.3) is 5.91 Å². The van der Waals surface area contributed by atoms with E-state index in [0.29, 0.717) is 31.4 Å². The normalized spacial score (nSPS) is 10.9. The summed E-state index contributed by atoms with van der Waals surface area (Å²) >= 11 is 13.4. The van der Waals surface area contributed by atoms with Crippen molar-refractivity contribution >= 4 is 56.8 Å². The largest absolute Gasteiger partial charge is 0.312 e. The molecule has 154 valence electrons. The molecule has 0 spiro atoms. The molecule has 0 unspecified atom stereocenters. The minimum atomic E-state index is -0.247. The van der Waals surface area contributed by atoms with Gasteiger partial charge in [-0.25, -0.2) is 4.98 Å². The molecule has 0 aliphatic rings. The molecule has 0 bridgehead atoms. The Hall–Kier alpha value is -3.19. The summed E-state index contributed by atoms with van der Waals surface area (Å²) in [4.78, 5) is 17.3. The highest BCUT2D eigenvalue weighted by Crippen LogP contribution is 2.36. The van der Waals surface area contributed by atoms with Crippen molar-refractivity contribution in [1.29, 1.82) is 0 Å². The van der Waals surface area contributed by atoms with Gasteiger partial charge in [-0.3, -0.25) is 10.2 Å². The molecule has 3 aromatic carbocycles. The summed E-state index contributed by atoms with van der Waals surface area (Å²) in [6, 6.07) is 23.7. The number of rotatable bonds is 6. The summed E-state index contributed by atoms with van der Waals surface area (Å²) in [6.07, 6.45) is 1.62. The van der Waals surface area contributed by atoms with Crippen molar-refractivity contribution in [2.75, 3.05) is 10.7 Å². The fraction of sp³-hybridized carbons (Fsp3) is 0. The van der Waals surface area contributed by atoms with Crippen molar-refractivity contribution in [1.82, 2.24) is 4.98 Å². The van der Waals surface area contributed by atoms with E-state index in [2.05, 4.69) is 20.8 Å². The monoisotopic (exact) mass is 466 g/mol. The van der Waals surface area contributed by atoms with E-state index in [1.54, 1.807) is 36.5 Å². The van der Waals surface area contributed by atoms with Crippen molar-refractivity contribution in [2.45, 2.75) is 0 Å². The number of carbonyl (C=O) groups is 1. The molecular weight excluding hydrogens is 451 g/mol. The van der Waals surface area contributed by atoms with Gasteiger partial charge in [-0.2, -0.15) is 5.10 Å². The number of hydrogen-bond acceptors (Lipinski definition) is 5. The van der Waals surface area contributed by atoms with Gasteiger partial charge in [0, 0.05) is 26.7 Å². The average Bonchev–Trinajstić information content (AvgIpc) is 3.18. The molecule has 31 heavy (non-hydrogen) atoms. The molecule has 0 atom stereocenters. The average molecular weight is 467 g/mol. The molecule has 1 amide bonds. The number of hydrazone groups is 1. The summed E-state index contributed by atoms with van der Waals surface area (Å²) in [7, 11) is 0. The van der Waals surface area contributed by atoms with Crippen LogP contribution in [0.3, 0.4) is 0 Å². The molecule has 0 saturated carbocycles. The van der Waals surface area contributed by atoms with Gasteiger partial charge in [0.2, 0.25) is 5.13 Å². The van der Waals surface area contributed by atoms with Crippen LogP contribution in [-0.2, 0) is 0 Å². The molecule has 1 aromatic heterocycles. The van der Waals surface area contributed by atoms with Gasteiger partial charge >= 0.3 is 0 Å². The van der Waals surface area contributed by atoms with Gasteiger partial charge in [-0.05, 0) is 30.3 Å². The second-order valence-corrected chi connectivity index (χ2v) is 8.26. The highest BCUT2D eigenvalue weighted by molar-refractivity contribution is 7.20. The van der Waals surface area contributed by atoms with Crippen LogP contribution in [0.25, 0.3) is 11.3 Å². The Balaban J connectivity index is 1.59. The molecule has 5 nitrogen and oxygen atoms in total. The Bertz CT molecular complexity index is 1220. The molecule has 0 aliphatic carbocycles. The van der Waals surface area contributed by atoms with E-state index in [9.17, 15) is 4.79 Å². The van der Waals surface area contributed by atoms with Crippen LogP contribution in [0.5, 0.6) is 0 Å². The summed E-state index contributed by atoms with van der Waals surface area (Å²) in [5.74, 6) is -0.247. The number of anilines is 2. The molecule has 0 saturated heterocycles. The van der Waals surface area contributed by atoms with E-state index >= 15 is 0 Å². The first kappa shape index (κ1) is 21.1. The first-order valence-corrected chi connectivity index (χ1v) is 10.8. The van der Waals surface area contributed by atoms with Gasteiger partial charge < -0.3 is 5.32 Å². The highest BCUT2D eigenvalue weighted by atomic mass is 35.5. The van der Waals surface area contributed by atoms with Crippen molar-refractivity contribution in [2.24, 2.45) is 5.10 Å². The smallest absolute Gasteiger partial charge is 0.256 e. The Morgan fingerprint density at radius 2 is 1.65 bits per heavy atom. The molecule has 1 heterocycles. The van der Waals surface area contributed by atoms with Crippen LogP contribution in [0.15, 0.2) is 84.0 Å². The third-order valence-corrected chi connectivity index (χ3v) is 5.75. The first-order valence-electron chi connectivity index (χ1n) is 9.27. The van der Waals surface area contributed by atoms with Gasteiger partial charge in [-0.1, -0.05) is 83.1 Å². The second kappa shape index (κ2) is 9.75. The van der Waals surface area contributed by atoms with Gasteiger partial charge in [0.05, 0.1) is 6.21 Å². The van der Waals surface area contributed by atoms with Crippen molar-refractivity contribution in [3.63, 3.8) is 0 Å². The lowest BCUT2D eigenvalue weighted by atomic mass is 10.1. The Morgan fingerprint density at radius 3 is 2.39 bits per heavy atom. The minimum Gasteiger partial charge on any atom is -0.312 e. The van der Waals surface area contributed by atoms with Crippen molar-refractivity contribution in [3.05, 3.63) is 100 Å².